The Labute approximate surface area is 203 Å². The van der Waals surface area contributed by atoms with E-state index in [1.54, 1.807) is 11.8 Å². The van der Waals surface area contributed by atoms with Gasteiger partial charge in [-0.2, -0.15) is 0 Å². The molecule has 0 aliphatic heterocycles. The van der Waals surface area contributed by atoms with E-state index in [-0.39, 0.29) is 11.1 Å². The third-order valence-corrected chi connectivity index (χ3v) is 6.68. The number of benzene rings is 3. The number of halogens is 3. The summed E-state index contributed by atoms with van der Waals surface area (Å²) in [5.74, 6) is 0.397. The Bertz CT molecular complexity index is 1020. The number of aryl methyl sites for hydroxylation is 2. The van der Waals surface area contributed by atoms with Crippen LogP contribution in [-0.4, -0.2) is 9.69 Å². The number of hydrogen-bond donors (Lipinski definition) is 1. The fourth-order valence-corrected chi connectivity index (χ4v) is 4.74. The molecule has 3 aromatic carbocycles. The molecule has 0 aromatic heterocycles. The quantitative estimate of drug-likeness (QED) is 0.204. The van der Waals surface area contributed by atoms with Crippen LogP contribution >= 0.6 is 46.6 Å². The first-order valence-electron chi connectivity index (χ1n) is 9.85. The molecule has 0 radical (unpaired) electrons. The summed E-state index contributed by atoms with van der Waals surface area (Å²) in [5, 5.41) is 8.12. The smallest absolute Gasteiger partial charge is 0.265 e. The minimum absolute atomic E-state index is 0.116. The van der Waals surface area contributed by atoms with Crippen molar-refractivity contribution in [1.82, 2.24) is 0 Å². The Hall–Kier alpha value is -1.65. The van der Waals surface area contributed by atoms with Crippen molar-refractivity contribution in [2.75, 3.05) is 0 Å². The maximum Gasteiger partial charge on any atom is 0.265 e. The molecule has 0 aliphatic carbocycles. The molecular formula is C25H24Cl3NOS. The number of ether oxygens (including phenoxy) is 1. The monoisotopic (exact) mass is 491 g/mol. The van der Waals surface area contributed by atoms with E-state index in [9.17, 15) is 0 Å². The highest BCUT2D eigenvalue weighted by molar-refractivity contribution is 7.98. The van der Waals surface area contributed by atoms with Crippen molar-refractivity contribution < 1.29 is 4.74 Å². The lowest BCUT2D eigenvalue weighted by Crippen LogP contribution is -2.26. The molecule has 0 amide bonds. The van der Waals surface area contributed by atoms with Crippen molar-refractivity contribution >= 4 is 52.5 Å². The molecule has 0 aliphatic rings. The van der Waals surface area contributed by atoms with Crippen LogP contribution in [0, 0.1) is 19.3 Å². The van der Waals surface area contributed by atoms with Crippen LogP contribution in [0.3, 0.4) is 0 Å². The average molecular weight is 493 g/mol. The first kappa shape index (κ1) is 24.0. The van der Waals surface area contributed by atoms with Gasteiger partial charge in [-0.15, -0.1) is 11.8 Å². The van der Waals surface area contributed by atoms with Crippen molar-refractivity contribution in [3.63, 3.8) is 0 Å². The van der Waals surface area contributed by atoms with Gasteiger partial charge >= 0.3 is 0 Å². The van der Waals surface area contributed by atoms with E-state index < -0.39 is 9.90 Å². The van der Waals surface area contributed by atoms with Crippen molar-refractivity contribution in [2.24, 2.45) is 0 Å². The summed E-state index contributed by atoms with van der Waals surface area (Å²) >= 11 is 19.7. The summed E-state index contributed by atoms with van der Waals surface area (Å²) in [7, 11) is 0. The van der Waals surface area contributed by atoms with Crippen LogP contribution in [-0.2, 0) is 10.5 Å². The standard InChI is InChI=1S/C25H24Cl3NOS/c1-17-8-6-12-20(14-17)22(30-24(29)25(26,27)28)23(21-13-7-9-18(2)15-21)31-16-19-10-4-3-5-11-19/h3-15,22-23,29H,16H2,1-2H3/t22-,23-/m1/s1. The maximum absolute atomic E-state index is 8.24. The third kappa shape index (κ3) is 6.92. The van der Waals surface area contributed by atoms with Crippen LogP contribution < -0.4 is 0 Å². The van der Waals surface area contributed by atoms with Gasteiger partial charge in [0.15, 0.2) is 0 Å². The molecule has 0 saturated heterocycles. The molecule has 3 aromatic rings. The molecule has 0 saturated carbocycles. The Morgan fingerprint density at radius 1 is 0.871 bits per heavy atom. The number of thioether (sulfide) groups is 1. The lowest BCUT2D eigenvalue weighted by molar-refractivity contribution is 0.182. The Balaban J connectivity index is 2.03. The predicted octanol–water partition coefficient (Wildman–Crippen LogP) is 8.38. The molecule has 0 unspecified atom stereocenters. The topological polar surface area (TPSA) is 33.1 Å². The normalized spacial score (nSPS) is 13.5. The van der Waals surface area contributed by atoms with Crippen molar-refractivity contribution in [3.05, 3.63) is 107 Å². The van der Waals surface area contributed by atoms with Gasteiger partial charge in [0.05, 0.1) is 5.25 Å². The summed E-state index contributed by atoms with van der Waals surface area (Å²) in [6.45, 7) is 4.09. The van der Waals surface area contributed by atoms with Crippen LogP contribution in [0.15, 0.2) is 78.9 Å². The van der Waals surface area contributed by atoms with Crippen molar-refractivity contribution in [2.45, 2.75) is 34.7 Å². The zero-order valence-electron chi connectivity index (χ0n) is 17.3. The zero-order chi connectivity index (χ0) is 22.4. The fourth-order valence-electron chi connectivity index (χ4n) is 3.31. The van der Waals surface area contributed by atoms with Crippen LogP contribution in [0.4, 0.5) is 0 Å². The molecule has 162 valence electrons. The van der Waals surface area contributed by atoms with Gasteiger partial charge in [-0.05, 0) is 30.5 Å². The summed E-state index contributed by atoms with van der Waals surface area (Å²) in [6, 6.07) is 26.7. The minimum Gasteiger partial charge on any atom is -0.468 e. The number of alkyl halides is 3. The highest BCUT2D eigenvalue weighted by Crippen LogP contribution is 2.45. The Morgan fingerprint density at radius 3 is 2.03 bits per heavy atom. The maximum atomic E-state index is 8.24. The molecule has 6 heteroatoms. The number of hydrogen-bond acceptors (Lipinski definition) is 3. The first-order valence-corrected chi connectivity index (χ1v) is 12.0. The van der Waals surface area contributed by atoms with Crippen LogP contribution in [0.5, 0.6) is 0 Å². The van der Waals surface area contributed by atoms with Crippen LogP contribution in [0.2, 0.25) is 0 Å². The molecule has 0 spiro atoms. The van der Waals surface area contributed by atoms with Gasteiger partial charge in [-0.3, -0.25) is 5.41 Å². The lowest BCUT2D eigenvalue weighted by Gasteiger charge is -2.30. The molecule has 3 rings (SSSR count). The fraction of sp³-hybridized carbons (Fsp3) is 0.240. The summed E-state index contributed by atoms with van der Waals surface area (Å²) in [4.78, 5) is 0. The van der Waals surface area contributed by atoms with Gasteiger partial charge in [0.2, 0.25) is 5.90 Å². The third-order valence-electron chi connectivity index (χ3n) is 4.79. The van der Waals surface area contributed by atoms with Crippen molar-refractivity contribution in [3.8, 4) is 0 Å². The van der Waals surface area contributed by atoms with E-state index in [2.05, 4.69) is 43.3 Å². The average Bonchev–Trinajstić information content (AvgIpc) is 2.73. The first-order chi connectivity index (χ1) is 14.7. The van der Waals surface area contributed by atoms with Gasteiger partial charge in [-0.1, -0.05) is 125 Å². The van der Waals surface area contributed by atoms with E-state index >= 15 is 0 Å². The molecule has 1 N–H and O–H groups in total. The van der Waals surface area contributed by atoms with E-state index in [0.717, 1.165) is 28.0 Å². The second kappa shape index (κ2) is 10.8. The second-order valence-corrected chi connectivity index (χ2v) is 10.8. The highest BCUT2D eigenvalue weighted by atomic mass is 35.6. The number of nitrogens with one attached hydrogen (secondary N) is 1. The molecule has 0 fully saturated rings. The zero-order valence-corrected chi connectivity index (χ0v) is 20.4. The van der Waals surface area contributed by atoms with Gasteiger partial charge in [0, 0.05) is 5.75 Å². The molecular weight excluding hydrogens is 469 g/mol. The van der Waals surface area contributed by atoms with Crippen LogP contribution in [0.25, 0.3) is 0 Å². The highest BCUT2D eigenvalue weighted by Gasteiger charge is 2.35. The summed E-state index contributed by atoms with van der Waals surface area (Å²) < 4.78 is 4.14. The molecule has 31 heavy (non-hydrogen) atoms. The van der Waals surface area contributed by atoms with Gasteiger partial charge in [0.25, 0.3) is 3.79 Å². The van der Waals surface area contributed by atoms with Crippen LogP contribution in [0.1, 0.15) is 39.2 Å². The largest absolute Gasteiger partial charge is 0.468 e. The van der Waals surface area contributed by atoms with E-state index in [0.29, 0.717) is 0 Å². The van der Waals surface area contributed by atoms with Gasteiger partial charge in [0.1, 0.15) is 6.10 Å². The summed E-state index contributed by atoms with van der Waals surface area (Å²) in [6.07, 6.45) is -0.501. The summed E-state index contributed by atoms with van der Waals surface area (Å²) in [5.41, 5.74) is 5.50. The van der Waals surface area contributed by atoms with E-state index in [1.165, 1.54) is 5.56 Å². The van der Waals surface area contributed by atoms with Crippen molar-refractivity contribution in [1.29, 1.82) is 5.41 Å². The predicted molar refractivity (Wildman–Crippen MR) is 135 cm³/mol. The lowest BCUT2D eigenvalue weighted by atomic mass is 9.98. The molecule has 0 bridgehead atoms. The molecule has 2 atom stereocenters. The Kier molecular flexibility index (Phi) is 8.35. The molecule has 2 nitrogen and oxygen atoms in total. The second-order valence-electron chi connectivity index (χ2n) is 7.41. The SMILES string of the molecule is Cc1cccc([C@@H](OC(=N)C(Cl)(Cl)Cl)[C@H](SCc2ccccc2)c2cccc(C)c2)c1. The van der Waals surface area contributed by atoms with E-state index in [4.69, 9.17) is 44.9 Å². The minimum atomic E-state index is -1.93. The molecule has 0 heterocycles. The van der Waals surface area contributed by atoms with E-state index in [1.807, 2.05) is 49.4 Å². The Morgan fingerprint density at radius 2 is 1.45 bits per heavy atom. The number of rotatable bonds is 7. The van der Waals surface area contributed by atoms with Gasteiger partial charge < -0.3 is 4.74 Å². The van der Waals surface area contributed by atoms with Gasteiger partial charge in [-0.25, -0.2) is 0 Å².